The Morgan fingerprint density at radius 1 is 1.09 bits per heavy atom. The minimum Gasteiger partial charge on any atom is -0.348 e. The van der Waals surface area contributed by atoms with Crippen LogP contribution in [0, 0.1) is 5.92 Å². The lowest BCUT2D eigenvalue weighted by atomic mass is 9.83. The molecule has 3 heterocycles. The average Bonchev–Trinajstić information content (AvgIpc) is 2.73. The molecule has 1 aromatic carbocycles. The fraction of sp³-hybridized carbons (Fsp3) is 0.381. The second kappa shape index (κ2) is 9.50. The van der Waals surface area contributed by atoms with E-state index < -0.39 is 15.9 Å². The number of piperidine rings is 1. The molecule has 0 aliphatic carbocycles. The Labute approximate surface area is 214 Å². The highest BCUT2D eigenvalue weighted by Crippen LogP contribution is 2.35. The zero-order chi connectivity index (χ0) is 23.0. The third-order valence-corrected chi connectivity index (χ3v) is 7.48. The molecule has 1 aromatic heterocycles. The number of fused-ring (bicyclic) bond motifs is 4. The highest BCUT2D eigenvalue weighted by Gasteiger charge is 2.39. The Morgan fingerprint density at radius 3 is 2.56 bits per heavy atom. The van der Waals surface area contributed by atoms with Crippen molar-refractivity contribution >= 4 is 74.0 Å². The monoisotopic (exact) mass is 576 g/mol. The summed E-state index contributed by atoms with van der Waals surface area (Å²) >= 11 is 27.5. The van der Waals surface area contributed by atoms with Crippen molar-refractivity contribution < 1.29 is 4.79 Å². The van der Waals surface area contributed by atoms with E-state index in [4.69, 9.17) is 47.0 Å². The number of carbonyl (C=O) groups is 1. The maximum absolute atomic E-state index is 12.8. The number of carbonyl (C=O) groups excluding carboxylic acids is 1. The third-order valence-electron chi connectivity index (χ3n) is 5.76. The molecular formula is C21H20BrCl3N4O2S. The number of aromatic nitrogens is 1. The van der Waals surface area contributed by atoms with Crippen LogP contribution in [0.3, 0.4) is 0 Å². The van der Waals surface area contributed by atoms with E-state index in [1.54, 1.807) is 36.4 Å². The van der Waals surface area contributed by atoms with E-state index in [0.717, 1.165) is 12.1 Å². The first-order valence-electron chi connectivity index (χ1n) is 10.0. The first-order valence-corrected chi connectivity index (χ1v) is 12.3. The van der Waals surface area contributed by atoms with Gasteiger partial charge in [0.25, 0.3) is 11.5 Å². The predicted octanol–water partition coefficient (Wildman–Crippen LogP) is 4.03. The van der Waals surface area contributed by atoms with Gasteiger partial charge in [-0.25, -0.2) is 0 Å². The van der Waals surface area contributed by atoms with E-state index in [1.807, 2.05) is 15.5 Å². The second-order valence-corrected chi connectivity index (χ2v) is 11.6. The Hall–Kier alpha value is -1.32. The molecular weight excluding hydrogens is 559 g/mol. The van der Waals surface area contributed by atoms with Gasteiger partial charge in [-0.05, 0) is 58.7 Å². The van der Waals surface area contributed by atoms with Gasteiger partial charge < -0.3 is 20.1 Å². The summed E-state index contributed by atoms with van der Waals surface area (Å²) in [6.07, 6.45) is -0.0499. The van der Waals surface area contributed by atoms with Crippen LogP contribution in [0.2, 0.25) is 0 Å². The van der Waals surface area contributed by atoms with Crippen molar-refractivity contribution in [3.05, 3.63) is 68.5 Å². The Balaban J connectivity index is 1.48. The number of hydrogen-bond donors (Lipinski definition) is 2. The molecule has 1 unspecified atom stereocenters. The lowest BCUT2D eigenvalue weighted by molar-refractivity contribution is 0.0932. The van der Waals surface area contributed by atoms with Gasteiger partial charge in [0.15, 0.2) is 5.11 Å². The van der Waals surface area contributed by atoms with Gasteiger partial charge in [0, 0.05) is 41.8 Å². The number of rotatable bonds is 3. The number of hydrogen-bond acceptors (Lipinski definition) is 3. The summed E-state index contributed by atoms with van der Waals surface area (Å²) in [6, 6.07) is 12.3. The van der Waals surface area contributed by atoms with Crippen molar-refractivity contribution in [2.24, 2.45) is 5.92 Å². The lowest BCUT2D eigenvalue weighted by Crippen LogP contribution is -2.60. The van der Waals surface area contributed by atoms with Crippen molar-refractivity contribution in [3.63, 3.8) is 0 Å². The molecule has 2 N–H and O–H groups in total. The van der Waals surface area contributed by atoms with Crippen LogP contribution in [-0.2, 0) is 6.54 Å². The van der Waals surface area contributed by atoms with Gasteiger partial charge in [-0.2, -0.15) is 0 Å². The van der Waals surface area contributed by atoms with Crippen molar-refractivity contribution in [3.8, 4) is 0 Å². The quantitative estimate of drug-likeness (QED) is 0.327. The molecule has 1 amide bonds. The molecule has 3 atom stereocenters. The van der Waals surface area contributed by atoms with Gasteiger partial charge in [0.1, 0.15) is 6.17 Å². The van der Waals surface area contributed by atoms with E-state index in [1.165, 1.54) is 0 Å². The summed E-state index contributed by atoms with van der Waals surface area (Å²) < 4.78 is 0.641. The molecule has 0 radical (unpaired) electrons. The number of benzene rings is 1. The van der Waals surface area contributed by atoms with Gasteiger partial charge in [0.2, 0.25) is 3.79 Å². The third kappa shape index (κ3) is 5.09. The van der Waals surface area contributed by atoms with Crippen LogP contribution in [0.15, 0.2) is 51.7 Å². The summed E-state index contributed by atoms with van der Waals surface area (Å²) in [6.45, 7) is 1.96. The van der Waals surface area contributed by atoms with Gasteiger partial charge in [-0.3, -0.25) is 9.59 Å². The molecule has 4 rings (SSSR count). The summed E-state index contributed by atoms with van der Waals surface area (Å²) in [7, 11) is 0. The number of likely N-dealkylation sites (tertiary alicyclic amines) is 1. The minimum atomic E-state index is -1.84. The smallest absolute Gasteiger partial charge is 0.254 e. The summed E-state index contributed by atoms with van der Waals surface area (Å²) in [4.78, 5) is 27.0. The van der Waals surface area contributed by atoms with Crippen LogP contribution in [0.5, 0.6) is 0 Å². The molecule has 1 saturated heterocycles. The molecule has 2 aromatic rings. The summed E-state index contributed by atoms with van der Waals surface area (Å²) in [5.74, 6) is 0.0484. The normalized spacial score (nSPS) is 20.8. The van der Waals surface area contributed by atoms with E-state index in [-0.39, 0.29) is 17.4 Å². The van der Waals surface area contributed by atoms with Crippen LogP contribution < -0.4 is 16.2 Å². The molecule has 11 heteroatoms. The maximum Gasteiger partial charge on any atom is 0.254 e. The van der Waals surface area contributed by atoms with Crippen molar-refractivity contribution in [2.75, 3.05) is 13.1 Å². The Kier molecular flexibility index (Phi) is 7.08. The number of halogens is 4. The van der Waals surface area contributed by atoms with Gasteiger partial charge >= 0.3 is 0 Å². The molecule has 1 fully saturated rings. The fourth-order valence-corrected chi connectivity index (χ4v) is 5.39. The van der Waals surface area contributed by atoms with E-state index >= 15 is 0 Å². The van der Waals surface area contributed by atoms with Crippen LogP contribution in [0.25, 0.3) is 0 Å². The molecule has 0 spiro atoms. The number of pyridine rings is 1. The standard InChI is InChI=1S/C21H20BrCl3N4O2S/c22-15-5-2-1-4-14(15)18(31)26-19(21(23,24)25)27-20(32)28-9-12-8-13(11-28)16-6-3-7-17(30)29(16)10-12/h1-7,12-13,19H,8-11H2,(H,26,31)(H,27,32)/t12-,13+,19?/m1/s1. The topological polar surface area (TPSA) is 66.4 Å². The average molecular weight is 579 g/mol. The number of thiocarbonyl (C=S) groups is 1. The highest BCUT2D eigenvalue weighted by molar-refractivity contribution is 9.10. The molecule has 2 aliphatic rings. The van der Waals surface area contributed by atoms with Crippen molar-refractivity contribution in [1.29, 1.82) is 0 Å². The second-order valence-electron chi connectivity index (χ2n) is 7.98. The Morgan fingerprint density at radius 2 is 1.84 bits per heavy atom. The predicted molar refractivity (Wildman–Crippen MR) is 135 cm³/mol. The highest BCUT2D eigenvalue weighted by atomic mass is 79.9. The zero-order valence-electron chi connectivity index (χ0n) is 16.7. The largest absolute Gasteiger partial charge is 0.348 e. The van der Waals surface area contributed by atoms with Gasteiger partial charge in [-0.1, -0.05) is 53.0 Å². The van der Waals surface area contributed by atoms with Gasteiger partial charge in [-0.15, -0.1) is 0 Å². The summed E-state index contributed by atoms with van der Waals surface area (Å²) in [5.41, 5.74) is 1.45. The maximum atomic E-state index is 12.8. The van der Waals surface area contributed by atoms with Crippen LogP contribution in [0.1, 0.15) is 28.4 Å². The first-order chi connectivity index (χ1) is 15.1. The van der Waals surface area contributed by atoms with E-state index in [0.29, 0.717) is 34.8 Å². The van der Waals surface area contributed by atoms with Crippen molar-refractivity contribution in [1.82, 2.24) is 20.1 Å². The minimum absolute atomic E-state index is 0.0254. The number of amides is 1. The first kappa shape index (κ1) is 23.8. The summed E-state index contributed by atoms with van der Waals surface area (Å²) in [5, 5.41) is 6.12. The van der Waals surface area contributed by atoms with E-state index in [2.05, 4.69) is 26.6 Å². The molecule has 6 nitrogen and oxygen atoms in total. The number of alkyl halides is 3. The fourth-order valence-electron chi connectivity index (χ4n) is 4.33. The van der Waals surface area contributed by atoms with Gasteiger partial charge in [0.05, 0.1) is 5.56 Å². The number of nitrogens with zero attached hydrogens (tertiary/aromatic N) is 2. The van der Waals surface area contributed by atoms with Crippen molar-refractivity contribution in [2.45, 2.75) is 28.8 Å². The molecule has 170 valence electrons. The molecule has 32 heavy (non-hydrogen) atoms. The van der Waals surface area contributed by atoms with Crippen LogP contribution in [0.4, 0.5) is 0 Å². The van der Waals surface area contributed by atoms with E-state index in [9.17, 15) is 9.59 Å². The lowest BCUT2D eigenvalue weighted by Gasteiger charge is -2.44. The molecule has 0 saturated carbocycles. The molecule has 2 aliphatic heterocycles. The van der Waals surface area contributed by atoms with Crippen LogP contribution in [-0.4, -0.2) is 43.5 Å². The zero-order valence-corrected chi connectivity index (χ0v) is 21.4. The molecule has 2 bridgehead atoms. The SMILES string of the molecule is O=C(NC(NC(=S)N1C[C@H]2C[C@@H](C1)c1cccc(=O)n1C2)C(Cl)(Cl)Cl)c1ccccc1Br. The Bertz CT molecular complexity index is 1110. The number of nitrogens with one attached hydrogen (secondary N) is 2. The van der Waals surface area contributed by atoms with Crippen LogP contribution >= 0.6 is 63.0 Å².